The molecule has 28 heavy (non-hydrogen) atoms. The number of alkyl halides is 3. The zero-order chi connectivity index (χ0) is 19.9. The number of aryl methyl sites for hydroxylation is 1. The molecule has 0 aromatic carbocycles. The predicted octanol–water partition coefficient (Wildman–Crippen LogP) is 2.57. The Bertz CT molecular complexity index is 987. The van der Waals surface area contributed by atoms with Crippen molar-refractivity contribution in [3.05, 3.63) is 35.9 Å². The number of pyridine rings is 1. The predicted molar refractivity (Wildman–Crippen MR) is 98.0 cm³/mol. The minimum absolute atomic E-state index is 0.281. The molecule has 1 unspecified atom stereocenters. The standard InChI is InChI=1S/C17H19F3N6OS/c18-17(19,20)12-3-4-22-14(10-12)25-5-7-26(8-6-25)16-15-13(23-11-24-16)2-1-9-28(15,21)27/h3-4,10-11,21H,1-2,5-9H2. The Labute approximate surface area is 160 Å². The van der Waals surface area contributed by atoms with Crippen LogP contribution in [0.3, 0.4) is 0 Å². The van der Waals surface area contributed by atoms with E-state index in [2.05, 4.69) is 15.0 Å². The molecule has 1 atom stereocenters. The third kappa shape index (κ3) is 3.50. The van der Waals surface area contributed by atoms with Crippen molar-refractivity contribution >= 4 is 21.4 Å². The fourth-order valence-corrected chi connectivity index (χ4v) is 5.37. The molecule has 0 amide bonds. The van der Waals surface area contributed by atoms with E-state index in [1.807, 2.05) is 4.90 Å². The van der Waals surface area contributed by atoms with E-state index >= 15 is 0 Å². The summed E-state index contributed by atoms with van der Waals surface area (Å²) in [6, 6.07) is 2.01. The van der Waals surface area contributed by atoms with E-state index in [9.17, 15) is 17.4 Å². The molecule has 0 aliphatic carbocycles. The summed E-state index contributed by atoms with van der Waals surface area (Å²) in [5, 5.41) is 0. The van der Waals surface area contributed by atoms with E-state index in [0.717, 1.165) is 12.1 Å². The van der Waals surface area contributed by atoms with Crippen molar-refractivity contribution in [1.82, 2.24) is 15.0 Å². The first-order valence-electron chi connectivity index (χ1n) is 8.89. The molecule has 2 aromatic heterocycles. The lowest BCUT2D eigenvalue weighted by atomic mass is 10.2. The molecule has 0 bridgehead atoms. The van der Waals surface area contributed by atoms with Crippen LogP contribution in [0.2, 0.25) is 0 Å². The lowest BCUT2D eigenvalue weighted by Crippen LogP contribution is -2.47. The zero-order valence-corrected chi connectivity index (χ0v) is 15.8. The Balaban J connectivity index is 1.55. The van der Waals surface area contributed by atoms with Crippen LogP contribution in [0.25, 0.3) is 0 Å². The number of anilines is 2. The number of piperazine rings is 1. The molecule has 2 aliphatic heterocycles. The Morgan fingerprint density at radius 1 is 1.07 bits per heavy atom. The SMILES string of the molecule is N=S1(=O)CCCc2ncnc(N3CCN(c4cc(C(F)(F)F)ccn4)CC3)c21. The van der Waals surface area contributed by atoms with Crippen LogP contribution in [0, 0.1) is 4.78 Å². The molecular formula is C17H19F3N6OS. The van der Waals surface area contributed by atoms with Crippen LogP contribution in [0.4, 0.5) is 24.8 Å². The highest BCUT2D eigenvalue weighted by molar-refractivity contribution is 7.92. The zero-order valence-electron chi connectivity index (χ0n) is 14.9. The molecule has 7 nitrogen and oxygen atoms in total. The van der Waals surface area contributed by atoms with Gasteiger partial charge in [-0.05, 0) is 25.0 Å². The maximum atomic E-state index is 12.9. The van der Waals surface area contributed by atoms with Gasteiger partial charge in [0.05, 0.1) is 21.0 Å². The average Bonchev–Trinajstić information content (AvgIpc) is 2.67. The molecule has 2 aliphatic rings. The van der Waals surface area contributed by atoms with Crippen LogP contribution >= 0.6 is 0 Å². The second-order valence-corrected chi connectivity index (χ2v) is 9.00. The molecule has 11 heteroatoms. The normalized spacial score (nSPS) is 22.8. The number of halogens is 3. The number of nitrogens with one attached hydrogen (secondary N) is 1. The topological polar surface area (TPSA) is 86.1 Å². The van der Waals surface area contributed by atoms with E-state index < -0.39 is 21.5 Å². The highest BCUT2D eigenvalue weighted by Gasteiger charge is 2.33. The van der Waals surface area contributed by atoms with Crippen molar-refractivity contribution in [3.8, 4) is 0 Å². The number of aromatic nitrogens is 3. The molecule has 2 aromatic rings. The molecule has 4 rings (SSSR count). The van der Waals surface area contributed by atoms with Crippen molar-refractivity contribution in [3.63, 3.8) is 0 Å². The van der Waals surface area contributed by atoms with Crippen LogP contribution in [0.15, 0.2) is 29.6 Å². The Morgan fingerprint density at radius 2 is 1.79 bits per heavy atom. The minimum atomic E-state index is -4.41. The quantitative estimate of drug-likeness (QED) is 0.816. The third-order valence-corrected chi connectivity index (χ3v) is 6.95. The molecule has 0 radical (unpaired) electrons. The van der Waals surface area contributed by atoms with Gasteiger partial charge in [0.15, 0.2) is 0 Å². The lowest BCUT2D eigenvalue weighted by Gasteiger charge is -2.37. The van der Waals surface area contributed by atoms with Gasteiger partial charge in [-0.3, -0.25) is 0 Å². The van der Waals surface area contributed by atoms with Gasteiger partial charge in [-0.25, -0.2) is 23.9 Å². The summed E-state index contributed by atoms with van der Waals surface area (Å²) in [4.78, 5) is 16.7. The first kappa shape index (κ1) is 18.9. The van der Waals surface area contributed by atoms with E-state index in [0.29, 0.717) is 61.2 Å². The second kappa shape index (κ2) is 6.87. The summed E-state index contributed by atoms with van der Waals surface area (Å²) in [5.41, 5.74) is -0.0584. The summed E-state index contributed by atoms with van der Waals surface area (Å²) in [7, 11) is -2.93. The molecule has 1 fully saturated rings. The largest absolute Gasteiger partial charge is 0.416 e. The number of rotatable bonds is 2. The molecule has 0 spiro atoms. The van der Waals surface area contributed by atoms with Crippen molar-refractivity contribution in [2.75, 3.05) is 41.7 Å². The van der Waals surface area contributed by atoms with Crippen molar-refractivity contribution in [2.45, 2.75) is 23.9 Å². The van der Waals surface area contributed by atoms with Crippen LogP contribution in [0.1, 0.15) is 17.7 Å². The van der Waals surface area contributed by atoms with Crippen LogP contribution in [-0.2, 0) is 22.3 Å². The van der Waals surface area contributed by atoms with Crippen molar-refractivity contribution in [2.24, 2.45) is 0 Å². The van der Waals surface area contributed by atoms with E-state index in [1.165, 1.54) is 12.5 Å². The second-order valence-electron chi connectivity index (χ2n) is 6.83. The molecule has 0 saturated carbocycles. The maximum Gasteiger partial charge on any atom is 0.416 e. The molecule has 150 valence electrons. The van der Waals surface area contributed by atoms with Crippen molar-refractivity contribution in [1.29, 1.82) is 4.78 Å². The van der Waals surface area contributed by atoms with Gasteiger partial charge in [0.1, 0.15) is 22.9 Å². The van der Waals surface area contributed by atoms with Crippen molar-refractivity contribution < 1.29 is 17.4 Å². The monoisotopic (exact) mass is 412 g/mol. The summed E-state index contributed by atoms with van der Waals surface area (Å²) in [6.07, 6.45) is -0.472. The Morgan fingerprint density at radius 3 is 2.50 bits per heavy atom. The summed E-state index contributed by atoms with van der Waals surface area (Å²) < 4.78 is 59.8. The van der Waals surface area contributed by atoms with Gasteiger partial charge >= 0.3 is 6.18 Å². The highest BCUT2D eigenvalue weighted by Crippen LogP contribution is 2.33. The fraction of sp³-hybridized carbons (Fsp3) is 0.471. The fourth-order valence-electron chi connectivity index (χ4n) is 3.60. The number of hydrogen-bond donors (Lipinski definition) is 1. The number of fused-ring (bicyclic) bond motifs is 1. The summed E-state index contributed by atoms with van der Waals surface area (Å²) in [6.45, 7) is 1.87. The van der Waals surface area contributed by atoms with Gasteiger partial charge in [0.2, 0.25) is 0 Å². The van der Waals surface area contributed by atoms with Crippen LogP contribution in [-0.4, -0.2) is 51.1 Å². The average molecular weight is 412 g/mol. The van der Waals surface area contributed by atoms with Gasteiger partial charge in [-0.1, -0.05) is 0 Å². The van der Waals surface area contributed by atoms with Gasteiger partial charge in [-0.2, -0.15) is 13.2 Å². The number of hydrogen-bond acceptors (Lipinski definition) is 7. The molecule has 1 N–H and O–H groups in total. The van der Waals surface area contributed by atoms with E-state index in [1.54, 1.807) is 4.90 Å². The van der Waals surface area contributed by atoms with Gasteiger partial charge in [-0.15, -0.1) is 0 Å². The first-order valence-corrected chi connectivity index (χ1v) is 10.6. The molecule has 1 saturated heterocycles. The minimum Gasteiger partial charge on any atom is -0.353 e. The van der Waals surface area contributed by atoms with Crippen LogP contribution in [0.5, 0.6) is 0 Å². The van der Waals surface area contributed by atoms with Gasteiger partial charge in [0.25, 0.3) is 0 Å². The van der Waals surface area contributed by atoms with Gasteiger partial charge < -0.3 is 9.80 Å². The Hall–Kier alpha value is -2.43. The van der Waals surface area contributed by atoms with E-state index in [4.69, 9.17) is 4.78 Å². The van der Waals surface area contributed by atoms with E-state index in [-0.39, 0.29) is 5.82 Å². The Kier molecular flexibility index (Phi) is 4.64. The molecular weight excluding hydrogens is 393 g/mol. The summed E-state index contributed by atoms with van der Waals surface area (Å²) >= 11 is 0. The van der Waals surface area contributed by atoms with Crippen LogP contribution < -0.4 is 9.80 Å². The number of nitrogens with zero attached hydrogens (tertiary/aromatic N) is 5. The maximum absolute atomic E-state index is 12.9. The summed E-state index contributed by atoms with van der Waals surface area (Å²) in [5.74, 6) is 1.10. The smallest absolute Gasteiger partial charge is 0.353 e. The molecule has 4 heterocycles. The van der Waals surface area contributed by atoms with Gasteiger partial charge in [0, 0.05) is 38.1 Å². The highest BCUT2D eigenvalue weighted by atomic mass is 32.2. The third-order valence-electron chi connectivity index (χ3n) is 5.01. The lowest BCUT2D eigenvalue weighted by molar-refractivity contribution is -0.137. The first-order chi connectivity index (χ1) is 13.3.